The molecule has 3 aromatic rings. The number of fused-ring (bicyclic) bond motifs is 1. The van der Waals surface area contributed by atoms with Crippen molar-refractivity contribution in [2.75, 3.05) is 0 Å². The lowest BCUT2D eigenvalue weighted by Gasteiger charge is -2.06. The molecule has 3 rings (SSSR count). The summed E-state index contributed by atoms with van der Waals surface area (Å²) in [5.41, 5.74) is 2.06. The Kier molecular flexibility index (Phi) is 3.28. The summed E-state index contributed by atoms with van der Waals surface area (Å²) in [6.45, 7) is 0. The van der Waals surface area contributed by atoms with Gasteiger partial charge in [0.1, 0.15) is 5.82 Å². The molecule has 2 aromatic heterocycles. The van der Waals surface area contributed by atoms with Crippen molar-refractivity contribution in [3.63, 3.8) is 0 Å². The molecule has 0 atom stereocenters. The van der Waals surface area contributed by atoms with Crippen molar-refractivity contribution < 1.29 is 4.39 Å². The van der Waals surface area contributed by atoms with Gasteiger partial charge in [-0.05, 0) is 68.3 Å². The van der Waals surface area contributed by atoms with E-state index in [0.717, 1.165) is 14.5 Å². The minimum atomic E-state index is -0.327. The number of hydrogen-bond acceptors (Lipinski definition) is 2. The van der Waals surface area contributed by atoms with Crippen LogP contribution >= 0.6 is 44.1 Å². The molecule has 0 unspecified atom stereocenters. The van der Waals surface area contributed by atoms with E-state index in [2.05, 4.69) is 41.8 Å². The smallest absolute Gasteiger partial charge is 0.184 e. The van der Waals surface area contributed by atoms with Crippen molar-refractivity contribution in [1.29, 1.82) is 0 Å². The van der Waals surface area contributed by atoms with Crippen LogP contribution in [0.25, 0.3) is 16.9 Å². The van der Waals surface area contributed by atoms with Gasteiger partial charge < -0.3 is 4.98 Å². The van der Waals surface area contributed by atoms with Crippen molar-refractivity contribution in [2.45, 2.75) is 0 Å². The molecule has 0 radical (unpaired) electrons. The van der Waals surface area contributed by atoms with Crippen LogP contribution < -0.4 is 0 Å². The number of imidazole rings is 1. The fraction of sp³-hybridized carbons (Fsp3) is 0. The Labute approximate surface area is 129 Å². The molecule has 0 bridgehead atoms. The molecule has 19 heavy (non-hydrogen) atoms. The second kappa shape index (κ2) is 4.81. The van der Waals surface area contributed by atoms with Gasteiger partial charge in [0.15, 0.2) is 10.4 Å². The number of benzene rings is 1. The topological polar surface area (TPSA) is 33.6 Å². The molecule has 0 aliphatic heterocycles. The molecule has 0 aliphatic carbocycles. The SMILES string of the molecule is Fc1ccc(Br)c(-n2c(=S)[nH]c3cc(Br)cnc32)c1. The van der Waals surface area contributed by atoms with Crippen LogP contribution in [0, 0.1) is 10.6 Å². The van der Waals surface area contributed by atoms with Crippen molar-refractivity contribution >= 4 is 55.2 Å². The Morgan fingerprint density at radius 3 is 2.84 bits per heavy atom. The first-order valence-corrected chi connectivity index (χ1v) is 7.27. The van der Waals surface area contributed by atoms with Gasteiger partial charge in [-0.2, -0.15) is 0 Å². The van der Waals surface area contributed by atoms with Crippen LogP contribution in [-0.4, -0.2) is 14.5 Å². The maximum absolute atomic E-state index is 13.4. The minimum Gasteiger partial charge on any atom is -0.329 e. The third kappa shape index (κ3) is 2.26. The lowest BCUT2D eigenvalue weighted by molar-refractivity contribution is 0.626. The molecule has 2 heterocycles. The van der Waals surface area contributed by atoms with Crippen molar-refractivity contribution in [1.82, 2.24) is 14.5 Å². The van der Waals surface area contributed by atoms with Gasteiger partial charge in [-0.25, -0.2) is 9.37 Å². The summed E-state index contributed by atoms with van der Waals surface area (Å²) in [4.78, 5) is 7.38. The largest absolute Gasteiger partial charge is 0.329 e. The Morgan fingerprint density at radius 2 is 2.05 bits per heavy atom. The predicted molar refractivity (Wildman–Crippen MR) is 81.6 cm³/mol. The first kappa shape index (κ1) is 13.0. The normalized spacial score (nSPS) is 11.1. The fourth-order valence-electron chi connectivity index (χ4n) is 1.85. The van der Waals surface area contributed by atoms with Crippen LogP contribution in [0.4, 0.5) is 4.39 Å². The molecule has 0 saturated carbocycles. The molecule has 0 saturated heterocycles. The zero-order valence-electron chi connectivity index (χ0n) is 9.32. The monoisotopic (exact) mass is 401 g/mol. The number of nitrogens with zero attached hydrogens (tertiary/aromatic N) is 2. The third-order valence-corrected chi connectivity index (χ3v) is 4.03. The Hall–Kier alpha value is -1.05. The average Bonchev–Trinajstić information content (AvgIpc) is 2.67. The van der Waals surface area contributed by atoms with E-state index in [4.69, 9.17) is 12.2 Å². The second-order valence-corrected chi connectivity index (χ2v) is 6.04. The summed E-state index contributed by atoms with van der Waals surface area (Å²) in [5.74, 6) is -0.327. The molecule has 1 aromatic carbocycles. The summed E-state index contributed by atoms with van der Waals surface area (Å²) in [6.07, 6.45) is 1.68. The van der Waals surface area contributed by atoms with Crippen LogP contribution in [-0.2, 0) is 0 Å². The van der Waals surface area contributed by atoms with Gasteiger partial charge in [0, 0.05) is 15.1 Å². The van der Waals surface area contributed by atoms with E-state index < -0.39 is 0 Å². The van der Waals surface area contributed by atoms with Crippen molar-refractivity contribution in [3.8, 4) is 5.69 Å². The number of aromatic nitrogens is 3. The number of rotatable bonds is 1. The van der Waals surface area contributed by atoms with E-state index >= 15 is 0 Å². The van der Waals surface area contributed by atoms with Gasteiger partial charge in [0.2, 0.25) is 0 Å². The highest BCUT2D eigenvalue weighted by molar-refractivity contribution is 9.10. The predicted octanol–water partition coefficient (Wildman–Crippen LogP) is 4.75. The molecule has 96 valence electrons. The molecule has 7 heteroatoms. The van der Waals surface area contributed by atoms with Gasteiger partial charge in [0.25, 0.3) is 0 Å². The summed E-state index contributed by atoms with van der Waals surface area (Å²) in [5, 5.41) is 0. The van der Waals surface area contributed by atoms with Gasteiger partial charge >= 0.3 is 0 Å². The van der Waals surface area contributed by atoms with Crippen LogP contribution in [0.2, 0.25) is 0 Å². The Morgan fingerprint density at radius 1 is 1.26 bits per heavy atom. The Balaban J connectivity index is 2.39. The number of halogens is 3. The number of hydrogen-bond donors (Lipinski definition) is 1. The van der Waals surface area contributed by atoms with Gasteiger partial charge in [0.05, 0.1) is 11.2 Å². The molecule has 0 fully saturated rings. The zero-order chi connectivity index (χ0) is 13.6. The molecule has 0 amide bonds. The molecule has 0 spiro atoms. The van der Waals surface area contributed by atoms with E-state index in [-0.39, 0.29) is 5.82 Å². The quantitative estimate of drug-likeness (QED) is 0.596. The number of nitrogens with one attached hydrogen (secondary N) is 1. The number of pyridine rings is 1. The minimum absolute atomic E-state index is 0.327. The van der Waals surface area contributed by atoms with E-state index in [1.807, 2.05) is 6.07 Å². The van der Waals surface area contributed by atoms with Crippen LogP contribution in [0.15, 0.2) is 39.4 Å². The van der Waals surface area contributed by atoms with E-state index in [9.17, 15) is 4.39 Å². The maximum Gasteiger partial charge on any atom is 0.184 e. The maximum atomic E-state index is 13.4. The van der Waals surface area contributed by atoms with Crippen molar-refractivity contribution in [3.05, 3.63) is 50.0 Å². The first-order chi connectivity index (χ1) is 9.06. The summed E-state index contributed by atoms with van der Waals surface area (Å²) >= 11 is 12.0. The summed E-state index contributed by atoms with van der Waals surface area (Å²) in [6, 6.07) is 6.32. The Bertz CT molecular complexity index is 841. The highest BCUT2D eigenvalue weighted by atomic mass is 79.9. The van der Waals surface area contributed by atoms with Gasteiger partial charge in [-0.1, -0.05) is 0 Å². The second-order valence-electron chi connectivity index (χ2n) is 3.89. The summed E-state index contributed by atoms with van der Waals surface area (Å²) in [7, 11) is 0. The fourth-order valence-corrected chi connectivity index (χ4v) is 2.90. The third-order valence-electron chi connectivity index (χ3n) is 2.64. The molecule has 0 aliphatic rings. The lowest BCUT2D eigenvalue weighted by atomic mass is 10.3. The average molecular weight is 403 g/mol. The van der Waals surface area contributed by atoms with Crippen LogP contribution in [0.1, 0.15) is 0 Å². The molecule has 3 nitrogen and oxygen atoms in total. The molecular formula is C12H6Br2FN3S. The van der Waals surface area contributed by atoms with Crippen LogP contribution in [0.5, 0.6) is 0 Å². The lowest BCUT2D eigenvalue weighted by Crippen LogP contribution is -1.97. The van der Waals surface area contributed by atoms with E-state index in [1.165, 1.54) is 12.1 Å². The van der Waals surface area contributed by atoms with E-state index in [0.29, 0.717) is 16.1 Å². The standard InChI is InChI=1S/C12H6Br2FN3S/c13-6-3-9-11(16-5-6)18(12(19)17-9)10-4-7(15)1-2-8(10)14/h1-5H,(H,17,19). The highest BCUT2D eigenvalue weighted by Gasteiger charge is 2.11. The van der Waals surface area contributed by atoms with Crippen molar-refractivity contribution in [2.24, 2.45) is 0 Å². The van der Waals surface area contributed by atoms with Gasteiger partial charge in [-0.3, -0.25) is 4.57 Å². The highest BCUT2D eigenvalue weighted by Crippen LogP contribution is 2.26. The molecular weight excluding hydrogens is 397 g/mol. The van der Waals surface area contributed by atoms with Crippen LogP contribution in [0.3, 0.4) is 0 Å². The number of H-pyrrole nitrogens is 1. The molecule has 1 N–H and O–H groups in total. The van der Waals surface area contributed by atoms with E-state index in [1.54, 1.807) is 16.8 Å². The van der Waals surface area contributed by atoms with Gasteiger partial charge in [-0.15, -0.1) is 0 Å². The zero-order valence-corrected chi connectivity index (χ0v) is 13.3. The first-order valence-electron chi connectivity index (χ1n) is 5.28. The summed E-state index contributed by atoms with van der Waals surface area (Å²) < 4.78 is 17.2. The number of aromatic amines is 1.